The van der Waals surface area contributed by atoms with E-state index in [1.54, 1.807) is 11.8 Å². The molecule has 0 aromatic carbocycles. The van der Waals surface area contributed by atoms with Gasteiger partial charge in [-0.2, -0.15) is 13.2 Å². The predicted octanol–water partition coefficient (Wildman–Crippen LogP) is 2.19. The molecule has 0 saturated carbocycles. The third-order valence-corrected chi connectivity index (χ3v) is 3.84. The number of alkyl halides is 3. The molecule has 1 atom stereocenters. The maximum atomic E-state index is 12.2. The molecule has 1 aliphatic heterocycles. The topological polar surface area (TPSA) is 88.4 Å². The van der Waals surface area contributed by atoms with Crippen LogP contribution in [0.4, 0.5) is 24.7 Å². The number of piperidine rings is 1. The third-order valence-electron chi connectivity index (χ3n) is 3.84. The van der Waals surface area contributed by atoms with E-state index in [-0.39, 0.29) is 18.1 Å². The van der Waals surface area contributed by atoms with Gasteiger partial charge in [-0.15, -0.1) is 0 Å². The van der Waals surface area contributed by atoms with Gasteiger partial charge in [0, 0.05) is 24.8 Å². The highest BCUT2D eigenvalue weighted by Crippen LogP contribution is 2.32. The van der Waals surface area contributed by atoms with E-state index in [1.807, 2.05) is 5.32 Å². The number of carbonyl (C=O) groups excluding carboxylic acids is 1. The minimum Gasteiger partial charge on any atom is -0.350 e. The minimum atomic E-state index is -4.47. The Bertz CT molecular complexity index is 636. The lowest BCUT2D eigenvalue weighted by Gasteiger charge is -2.32. The number of anilines is 1. The maximum absolute atomic E-state index is 12.2. The van der Waals surface area contributed by atoms with E-state index in [4.69, 9.17) is 0 Å². The van der Waals surface area contributed by atoms with Crippen LogP contribution in [0.1, 0.15) is 18.4 Å². The molecule has 10 heteroatoms. The molecule has 1 saturated heterocycles. The van der Waals surface area contributed by atoms with Crippen molar-refractivity contribution in [3.63, 3.8) is 0 Å². The van der Waals surface area contributed by atoms with Crippen LogP contribution in [0.5, 0.6) is 0 Å². The summed E-state index contributed by atoms with van der Waals surface area (Å²) in [5.41, 5.74) is 0.294. The molecule has 2 heterocycles. The standard InChI is InChI=1S/C14H17F3N4O3/c1-9-4-5-18-12(11(9)21(23)24)20-6-2-3-10(7-20)13(22)19-8-14(15,16)17/h4-5,10H,2-3,6-8H2,1H3,(H,19,22). The number of carbonyl (C=O) groups is 1. The van der Waals surface area contributed by atoms with Gasteiger partial charge in [-0.1, -0.05) is 0 Å². The van der Waals surface area contributed by atoms with Crippen LogP contribution in [-0.4, -0.2) is 41.6 Å². The highest BCUT2D eigenvalue weighted by molar-refractivity contribution is 5.79. The molecule has 1 N–H and O–H groups in total. The summed E-state index contributed by atoms with van der Waals surface area (Å²) in [6.07, 6.45) is -2.07. The van der Waals surface area contributed by atoms with E-state index in [0.29, 0.717) is 24.9 Å². The molecule has 1 aromatic rings. The molecule has 0 radical (unpaired) electrons. The molecule has 7 nitrogen and oxygen atoms in total. The zero-order valence-corrected chi connectivity index (χ0v) is 13.0. The molecule has 1 aliphatic rings. The second-order valence-electron chi connectivity index (χ2n) is 5.68. The second-order valence-corrected chi connectivity index (χ2v) is 5.68. The number of aryl methyl sites for hydroxylation is 1. The molecule has 132 valence electrons. The SMILES string of the molecule is Cc1ccnc(N2CCCC(C(=O)NCC(F)(F)F)C2)c1[N+](=O)[O-]. The molecular formula is C14H17F3N4O3. The van der Waals surface area contributed by atoms with E-state index < -0.39 is 29.5 Å². The van der Waals surface area contributed by atoms with Crippen molar-refractivity contribution in [1.82, 2.24) is 10.3 Å². The van der Waals surface area contributed by atoms with Crippen molar-refractivity contribution in [2.24, 2.45) is 5.92 Å². The summed E-state index contributed by atoms with van der Waals surface area (Å²) < 4.78 is 36.6. The molecule has 1 aromatic heterocycles. The summed E-state index contributed by atoms with van der Waals surface area (Å²) in [7, 11) is 0. The van der Waals surface area contributed by atoms with Gasteiger partial charge in [0.25, 0.3) is 0 Å². The summed E-state index contributed by atoms with van der Waals surface area (Å²) in [5.74, 6) is -1.22. The first kappa shape index (κ1) is 18.0. The number of hydrogen-bond donors (Lipinski definition) is 1. The Labute approximate surface area is 136 Å². The van der Waals surface area contributed by atoms with E-state index in [2.05, 4.69) is 4.98 Å². The average Bonchev–Trinajstić information content (AvgIpc) is 2.51. The van der Waals surface area contributed by atoms with Gasteiger partial charge in [0.2, 0.25) is 11.7 Å². The highest BCUT2D eigenvalue weighted by atomic mass is 19.4. The molecule has 0 spiro atoms. The summed E-state index contributed by atoms with van der Waals surface area (Å²) >= 11 is 0. The van der Waals surface area contributed by atoms with Gasteiger partial charge in [0.1, 0.15) is 6.54 Å². The maximum Gasteiger partial charge on any atom is 0.405 e. The van der Waals surface area contributed by atoms with Crippen LogP contribution >= 0.6 is 0 Å². The Morgan fingerprint density at radius 2 is 2.25 bits per heavy atom. The van der Waals surface area contributed by atoms with E-state index in [0.717, 1.165) is 0 Å². The first-order valence-electron chi connectivity index (χ1n) is 7.38. The first-order valence-corrected chi connectivity index (χ1v) is 7.38. The third kappa shape index (κ3) is 4.33. The normalized spacial score (nSPS) is 18.3. The van der Waals surface area contributed by atoms with Crippen LogP contribution in [0.3, 0.4) is 0 Å². The first-order chi connectivity index (χ1) is 11.2. The lowest BCUT2D eigenvalue weighted by molar-refractivity contribution is -0.384. The minimum absolute atomic E-state index is 0.0982. The lowest BCUT2D eigenvalue weighted by atomic mass is 9.97. The molecule has 1 amide bonds. The van der Waals surface area contributed by atoms with Gasteiger partial charge >= 0.3 is 11.9 Å². The summed E-state index contributed by atoms with van der Waals surface area (Å²) in [6, 6.07) is 1.51. The Balaban J connectivity index is 2.13. The average molecular weight is 346 g/mol. The lowest BCUT2D eigenvalue weighted by Crippen LogP contribution is -2.45. The van der Waals surface area contributed by atoms with Crippen molar-refractivity contribution in [2.75, 3.05) is 24.5 Å². The number of nitrogens with zero attached hydrogens (tertiary/aromatic N) is 3. The molecule has 0 aliphatic carbocycles. The van der Waals surface area contributed by atoms with Crippen molar-refractivity contribution >= 4 is 17.4 Å². The summed E-state index contributed by atoms with van der Waals surface area (Å²) in [4.78, 5) is 28.3. The quantitative estimate of drug-likeness (QED) is 0.667. The molecule has 0 bridgehead atoms. The number of aromatic nitrogens is 1. The Morgan fingerprint density at radius 1 is 1.54 bits per heavy atom. The van der Waals surface area contributed by atoms with Crippen molar-refractivity contribution in [2.45, 2.75) is 25.9 Å². The van der Waals surface area contributed by atoms with Crippen molar-refractivity contribution < 1.29 is 22.9 Å². The van der Waals surface area contributed by atoms with Gasteiger partial charge in [-0.3, -0.25) is 14.9 Å². The highest BCUT2D eigenvalue weighted by Gasteiger charge is 2.33. The molecule has 1 fully saturated rings. The van der Waals surface area contributed by atoms with Crippen molar-refractivity contribution in [3.8, 4) is 0 Å². The largest absolute Gasteiger partial charge is 0.405 e. The van der Waals surface area contributed by atoms with Crippen LogP contribution < -0.4 is 10.2 Å². The van der Waals surface area contributed by atoms with Gasteiger partial charge in [0.15, 0.2) is 0 Å². The van der Waals surface area contributed by atoms with Crippen LogP contribution in [0.25, 0.3) is 0 Å². The van der Waals surface area contributed by atoms with Gasteiger partial charge < -0.3 is 10.2 Å². The molecule has 2 rings (SSSR count). The molecule has 1 unspecified atom stereocenters. The fourth-order valence-corrected chi connectivity index (χ4v) is 2.71. The fraction of sp³-hybridized carbons (Fsp3) is 0.571. The molecule has 24 heavy (non-hydrogen) atoms. The van der Waals surface area contributed by atoms with Gasteiger partial charge in [-0.25, -0.2) is 4.98 Å². The summed E-state index contributed by atoms with van der Waals surface area (Å²) in [5, 5.41) is 13.1. The van der Waals surface area contributed by atoms with Crippen LogP contribution in [0, 0.1) is 23.0 Å². The summed E-state index contributed by atoms with van der Waals surface area (Å²) in [6.45, 7) is 0.757. The fourth-order valence-electron chi connectivity index (χ4n) is 2.71. The monoisotopic (exact) mass is 346 g/mol. The zero-order valence-electron chi connectivity index (χ0n) is 13.0. The number of halogens is 3. The predicted molar refractivity (Wildman–Crippen MR) is 79.6 cm³/mol. The number of rotatable bonds is 4. The van der Waals surface area contributed by atoms with Gasteiger partial charge in [0.05, 0.1) is 10.8 Å². The Kier molecular flexibility index (Phi) is 5.25. The smallest absolute Gasteiger partial charge is 0.350 e. The number of amides is 1. The molecular weight excluding hydrogens is 329 g/mol. The van der Waals surface area contributed by atoms with Crippen molar-refractivity contribution in [3.05, 3.63) is 27.9 Å². The van der Waals surface area contributed by atoms with E-state index in [9.17, 15) is 28.1 Å². The Morgan fingerprint density at radius 3 is 2.88 bits per heavy atom. The Hall–Kier alpha value is -2.39. The van der Waals surface area contributed by atoms with E-state index in [1.165, 1.54) is 12.3 Å². The number of nitrogens with one attached hydrogen (secondary N) is 1. The number of nitro groups is 1. The second kappa shape index (κ2) is 7.02. The van der Waals surface area contributed by atoms with Crippen molar-refractivity contribution in [1.29, 1.82) is 0 Å². The van der Waals surface area contributed by atoms with Crippen LogP contribution in [-0.2, 0) is 4.79 Å². The zero-order chi connectivity index (χ0) is 17.9. The van der Waals surface area contributed by atoms with Gasteiger partial charge in [-0.05, 0) is 25.8 Å². The number of pyridine rings is 1. The van der Waals surface area contributed by atoms with Crippen LogP contribution in [0.15, 0.2) is 12.3 Å². The van der Waals surface area contributed by atoms with E-state index >= 15 is 0 Å². The number of hydrogen-bond acceptors (Lipinski definition) is 5. The van der Waals surface area contributed by atoms with Crippen LogP contribution in [0.2, 0.25) is 0 Å².